The molecule has 2 aromatic rings. The van der Waals surface area contributed by atoms with E-state index in [4.69, 9.17) is 0 Å². The van der Waals surface area contributed by atoms with Crippen LogP contribution in [-0.4, -0.2) is 29.3 Å². The Labute approximate surface area is 141 Å². The molecule has 3 saturated heterocycles. The lowest BCUT2D eigenvalue weighted by atomic mass is 9.70. The summed E-state index contributed by atoms with van der Waals surface area (Å²) < 4.78 is 1.25. The van der Waals surface area contributed by atoms with Gasteiger partial charge in [0.15, 0.2) is 5.78 Å². The summed E-state index contributed by atoms with van der Waals surface area (Å²) in [7, 11) is 0. The van der Waals surface area contributed by atoms with Crippen LogP contribution >= 0.6 is 11.3 Å². The van der Waals surface area contributed by atoms with Crippen molar-refractivity contribution in [3.05, 3.63) is 34.7 Å². The van der Waals surface area contributed by atoms with Gasteiger partial charge in [-0.05, 0) is 80.6 Å². The van der Waals surface area contributed by atoms with E-state index in [9.17, 15) is 4.79 Å². The molecular weight excluding hydrogens is 302 g/mol. The van der Waals surface area contributed by atoms with E-state index in [1.807, 2.05) is 0 Å². The van der Waals surface area contributed by atoms with Gasteiger partial charge in [0.25, 0.3) is 0 Å². The van der Waals surface area contributed by atoms with Crippen molar-refractivity contribution >= 4 is 27.2 Å². The highest BCUT2D eigenvalue weighted by Gasteiger charge is 2.60. The molecule has 2 bridgehead atoms. The van der Waals surface area contributed by atoms with E-state index in [2.05, 4.69) is 36.1 Å². The van der Waals surface area contributed by atoms with Gasteiger partial charge in [0.1, 0.15) is 0 Å². The Hall–Kier alpha value is -1.19. The van der Waals surface area contributed by atoms with E-state index in [0.717, 1.165) is 17.2 Å². The second kappa shape index (κ2) is 4.90. The molecule has 1 spiro atoms. The largest absolute Gasteiger partial charge is 0.297 e. The maximum absolute atomic E-state index is 13.0. The van der Waals surface area contributed by atoms with Crippen molar-refractivity contribution in [2.24, 2.45) is 11.8 Å². The van der Waals surface area contributed by atoms with Gasteiger partial charge >= 0.3 is 0 Å². The summed E-state index contributed by atoms with van der Waals surface area (Å²) in [6.45, 7) is 4.67. The van der Waals surface area contributed by atoms with Gasteiger partial charge in [-0.2, -0.15) is 0 Å². The molecule has 1 aromatic heterocycles. The van der Waals surface area contributed by atoms with Crippen molar-refractivity contribution in [2.45, 2.75) is 44.6 Å². The monoisotopic (exact) mass is 325 g/mol. The van der Waals surface area contributed by atoms with Gasteiger partial charge in [-0.25, -0.2) is 0 Å². The zero-order valence-corrected chi connectivity index (χ0v) is 14.5. The quantitative estimate of drug-likeness (QED) is 0.765. The van der Waals surface area contributed by atoms with Crippen LogP contribution in [-0.2, 0) is 0 Å². The molecule has 1 aromatic carbocycles. The standard InChI is InChI=1S/C20H23NOS/c1-13-2-3-15-11-19(23-18(15)10-13)17(22)12-16-14-4-8-21(9-5-14)20(16)6-7-20/h2-3,10-11,14,16H,4-9,12H2,1H3. The molecule has 0 amide bonds. The zero-order chi connectivity index (χ0) is 15.6. The Morgan fingerprint density at radius 3 is 2.78 bits per heavy atom. The lowest BCUT2D eigenvalue weighted by Gasteiger charge is -2.52. The van der Waals surface area contributed by atoms with Crippen molar-refractivity contribution < 1.29 is 4.79 Å². The maximum Gasteiger partial charge on any atom is 0.173 e. The predicted molar refractivity (Wildman–Crippen MR) is 95.3 cm³/mol. The third kappa shape index (κ3) is 2.13. The molecule has 1 atom stereocenters. The average Bonchev–Trinajstić information content (AvgIpc) is 3.22. The predicted octanol–water partition coefficient (Wildman–Crippen LogP) is 4.66. The average molecular weight is 325 g/mol. The van der Waals surface area contributed by atoms with Crippen molar-refractivity contribution in [3.8, 4) is 0 Å². The van der Waals surface area contributed by atoms with Crippen LogP contribution in [0.1, 0.15) is 47.3 Å². The Kier molecular flexibility index (Phi) is 3.02. The molecular formula is C20H23NOS. The Bertz CT molecular complexity index is 780. The summed E-state index contributed by atoms with van der Waals surface area (Å²) in [4.78, 5) is 16.6. The van der Waals surface area contributed by atoms with Crippen molar-refractivity contribution in [1.82, 2.24) is 4.90 Å². The van der Waals surface area contributed by atoms with Crippen LogP contribution in [0.2, 0.25) is 0 Å². The molecule has 4 fully saturated rings. The van der Waals surface area contributed by atoms with Gasteiger partial charge < -0.3 is 0 Å². The molecule has 120 valence electrons. The Morgan fingerprint density at radius 1 is 1.26 bits per heavy atom. The molecule has 3 aliphatic heterocycles. The number of thiophene rings is 1. The first-order chi connectivity index (χ1) is 11.2. The number of fused-ring (bicyclic) bond motifs is 3. The van der Waals surface area contributed by atoms with Crippen LogP contribution in [0.25, 0.3) is 10.1 Å². The van der Waals surface area contributed by atoms with Crippen LogP contribution < -0.4 is 0 Å². The number of hydrogen-bond donors (Lipinski definition) is 0. The van der Waals surface area contributed by atoms with Crippen LogP contribution in [0.5, 0.6) is 0 Å². The molecule has 4 aliphatic rings. The van der Waals surface area contributed by atoms with Crippen LogP contribution in [0, 0.1) is 18.8 Å². The number of carbonyl (C=O) groups excluding carboxylic acids is 1. The fraction of sp³-hybridized carbons (Fsp3) is 0.550. The lowest BCUT2D eigenvalue weighted by molar-refractivity contribution is -0.0273. The molecule has 3 heteroatoms. The molecule has 6 rings (SSSR count). The molecule has 2 nitrogen and oxygen atoms in total. The molecule has 0 radical (unpaired) electrons. The highest BCUT2D eigenvalue weighted by Crippen LogP contribution is 2.58. The molecule has 4 heterocycles. The van der Waals surface area contributed by atoms with E-state index < -0.39 is 0 Å². The third-order valence-corrected chi connectivity index (χ3v) is 7.69. The zero-order valence-electron chi connectivity index (χ0n) is 13.7. The maximum atomic E-state index is 13.0. The summed E-state index contributed by atoms with van der Waals surface area (Å²) in [5.41, 5.74) is 1.69. The van der Waals surface area contributed by atoms with Gasteiger partial charge in [-0.15, -0.1) is 11.3 Å². The number of aryl methyl sites for hydroxylation is 1. The van der Waals surface area contributed by atoms with E-state index in [1.165, 1.54) is 54.4 Å². The number of carbonyl (C=O) groups is 1. The number of piperidine rings is 3. The van der Waals surface area contributed by atoms with Crippen molar-refractivity contribution in [1.29, 1.82) is 0 Å². The van der Waals surface area contributed by atoms with Crippen molar-refractivity contribution in [3.63, 3.8) is 0 Å². The second-order valence-corrected chi connectivity index (χ2v) is 8.90. The van der Waals surface area contributed by atoms with Gasteiger partial charge in [0.05, 0.1) is 4.88 Å². The second-order valence-electron chi connectivity index (χ2n) is 7.81. The van der Waals surface area contributed by atoms with Gasteiger partial charge in [0.2, 0.25) is 0 Å². The Balaban J connectivity index is 1.42. The first kappa shape index (κ1) is 14.2. The number of Topliss-reactive ketones (excluding diaryl/α,β-unsaturated/α-hetero) is 1. The van der Waals surface area contributed by atoms with Crippen LogP contribution in [0.3, 0.4) is 0 Å². The van der Waals surface area contributed by atoms with Crippen molar-refractivity contribution in [2.75, 3.05) is 13.1 Å². The number of nitrogens with zero attached hydrogens (tertiary/aromatic N) is 1. The molecule has 1 unspecified atom stereocenters. The minimum Gasteiger partial charge on any atom is -0.297 e. The van der Waals surface area contributed by atoms with E-state index in [-0.39, 0.29) is 0 Å². The molecule has 23 heavy (non-hydrogen) atoms. The molecule has 0 N–H and O–H groups in total. The lowest BCUT2D eigenvalue weighted by Crippen LogP contribution is -2.57. The summed E-state index contributed by atoms with van der Waals surface area (Å²) >= 11 is 1.69. The summed E-state index contributed by atoms with van der Waals surface area (Å²) in [5, 5.41) is 1.22. The summed E-state index contributed by atoms with van der Waals surface area (Å²) in [6, 6.07) is 8.60. The minimum absolute atomic E-state index is 0.383. The smallest absolute Gasteiger partial charge is 0.173 e. The van der Waals surface area contributed by atoms with Gasteiger partial charge in [0, 0.05) is 16.7 Å². The highest BCUT2D eigenvalue weighted by atomic mass is 32.1. The first-order valence-electron chi connectivity index (χ1n) is 8.94. The van der Waals surface area contributed by atoms with E-state index in [0.29, 0.717) is 17.2 Å². The highest BCUT2D eigenvalue weighted by molar-refractivity contribution is 7.20. The van der Waals surface area contributed by atoms with Crippen LogP contribution in [0.4, 0.5) is 0 Å². The normalized spacial score (nSPS) is 30.9. The SMILES string of the molecule is Cc1ccc2cc(C(=O)CC3C4CCN(CC4)C34CC4)sc2c1. The Morgan fingerprint density at radius 2 is 2.04 bits per heavy atom. The number of hydrogen-bond acceptors (Lipinski definition) is 3. The van der Waals surface area contributed by atoms with Gasteiger partial charge in [-0.3, -0.25) is 9.69 Å². The van der Waals surface area contributed by atoms with E-state index >= 15 is 0 Å². The fourth-order valence-corrected chi connectivity index (χ4v) is 6.28. The summed E-state index contributed by atoms with van der Waals surface area (Å²) in [6.07, 6.45) is 6.05. The number of rotatable bonds is 3. The summed E-state index contributed by atoms with van der Waals surface area (Å²) in [5.74, 6) is 1.79. The topological polar surface area (TPSA) is 20.3 Å². The minimum atomic E-state index is 0.383. The number of benzene rings is 1. The van der Waals surface area contributed by atoms with Crippen LogP contribution in [0.15, 0.2) is 24.3 Å². The van der Waals surface area contributed by atoms with Gasteiger partial charge in [-0.1, -0.05) is 12.1 Å². The first-order valence-corrected chi connectivity index (χ1v) is 9.76. The third-order valence-electron chi connectivity index (χ3n) is 6.55. The van der Waals surface area contributed by atoms with E-state index in [1.54, 1.807) is 11.3 Å². The number of ketones is 1. The molecule has 1 aliphatic carbocycles. The fourth-order valence-electron chi connectivity index (χ4n) is 5.17. The molecule has 1 saturated carbocycles.